The lowest BCUT2D eigenvalue weighted by molar-refractivity contribution is 0.177. The monoisotopic (exact) mass is 381 g/mol. The molecule has 1 aliphatic rings. The van der Waals surface area contributed by atoms with E-state index in [-0.39, 0.29) is 18.1 Å². The van der Waals surface area contributed by atoms with Crippen LogP contribution in [0.1, 0.15) is 45.2 Å². The van der Waals surface area contributed by atoms with Gasteiger partial charge in [0.05, 0.1) is 6.04 Å². The van der Waals surface area contributed by atoms with Crippen LogP contribution in [-0.2, 0) is 0 Å². The summed E-state index contributed by atoms with van der Waals surface area (Å²) in [6.07, 6.45) is 2.07. The third kappa shape index (κ3) is 6.15. The van der Waals surface area contributed by atoms with E-state index in [1.807, 2.05) is 31.2 Å². The molecule has 2 rings (SSSR count). The fraction of sp³-hybridized carbons (Fsp3) is 0.611. The Balaban J connectivity index is 1.74. The summed E-state index contributed by atoms with van der Waals surface area (Å²) in [6, 6.07) is 8.27. The summed E-state index contributed by atoms with van der Waals surface area (Å²) >= 11 is 3.43. The molecule has 1 heterocycles. The van der Waals surface area contributed by atoms with Gasteiger partial charge in [-0.2, -0.15) is 0 Å². The van der Waals surface area contributed by atoms with Crippen LogP contribution in [0.15, 0.2) is 28.7 Å². The van der Waals surface area contributed by atoms with Crippen molar-refractivity contribution in [2.24, 2.45) is 5.92 Å². The fourth-order valence-corrected chi connectivity index (χ4v) is 3.30. The number of nitrogens with one attached hydrogen (secondary N) is 2. The van der Waals surface area contributed by atoms with Crippen molar-refractivity contribution in [3.05, 3.63) is 34.3 Å². The molecule has 0 bridgehead atoms. The van der Waals surface area contributed by atoms with Crippen LogP contribution in [0, 0.1) is 5.92 Å². The minimum atomic E-state index is -0.0669. The van der Waals surface area contributed by atoms with Gasteiger partial charge in [0.1, 0.15) is 0 Å². The molecule has 128 valence electrons. The molecule has 1 atom stereocenters. The lowest BCUT2D eigenvalue weighted by atomic mass is 10.0. The van der Waals surface area contributed by atoms with Crippen molar-refractivity contribution in [3.63, 3.8) is 0 Å². The highest BCUT2D eigenvalue weighted by molar-refractivity contribution is 9.10. The van der Waals surface area contributed by atoms with Crippen LogP contribution in [0.3, 0.4) is 0 Å². The molecule has 0 radical (unpaired) electrons. The van der Waals surface area contributed by atoms with Crippen molar-refractivity contribution in [1.29, 1.82) is 0 Å². The molecule has 0 aromatic heterocycles. The van der Waals surface area contributed by atoms with E-state index in [1.54, 1.807) is 0 Å². The van der Waals surface area contributed by atoms with E-state index in [2.05, 4.69) is 45.3 Å². The Bertz CT molecular complexity index is 495. The number of likely N-dealkylation sites (tertiary alicyclic amines) is 1. The van der Waals surface area contributed by atoms with Crippen molar-refractivity contribution in [3.8, 4) is 0 Å². The molecule has 4 nitrogen and oxygen atoms in total. The maximum absolute atomic E-state index is 12.2. The quantitative estimate of drug-likeness (QED) is 0.811. The molecule has 0 saturated carbocycles. The van der Waals surface area contributed by atoms with Crippen LogP contribution >= 0.6 is 15.9 Å². The normalized spacial score (nSPS) is 18.0. The highest BCUT2D eigenvalue weighted by atomic mass is 79.9. The van der Waals surface area contributed by atoms with E-state index in [0.29, 0.717) is 5.92 Å². The molecule has 2 amide bonds. The van der Waals surface area contributed by atoms with Gasteiger partial charge in [0.25, 0.3) is 0 Å². The zero-order chi connectivity index (χ0) is 16.8. The van der Waals surface area contributed by atoms with Crippen molar-refractivity contribution >= 4 is 22.0 Å². The number of nitrogens with zero attached hydrogens (tertiary/aromatic N) is 1. The van der Waals surface area contributed by atoms with E-state index in [4.69, 9.17) is 0 Å². The first kappa shape index (κ1) is 18.3. The van der Waals surface area contributed by atoms with E-state index >= 15 is 0 Å². The number of rotatable bonds is 5. The maximum Gasteiger partial charge on any atom is 0.315 e. The number of amides is 2. The van der Waals surface area contributed by atoms with E-state index in [0.717, 1.165) is 42.5 Å². The predicted molar refractivity (Wildman–Crippen MR) is 98.5 cm³/mol. The average Bonchev–Trinajstić information content (AvgIpc) is 2.49. The van der Waals surface area contributed by atoms with E-state index in [1.165, 1.54) is 0 Å². The van der Waals surface area contributed by atoms with Crippen molar-refractivity contribution < 1.29 is 4.79 Å². The van der Waals surface area contributed by atoms with Gasteiger partial charge in [-0.15, -0.1) is 0 Å². The minimum Gasteiger partial charge on any atom is -0.335 e. The summed E-state index contributed by atoms with van der Waals surface area (Å²) in [7, 11) is 0. The zero-order valence-corrected chi connectivity index (χ0v) is 15.9. The van der Waals surface area contributed by atoms with Gasteiger partial charge in [-0.1, -0.05) is 41.9 Å². The van der Waals surface area contributed by atoms with Crippen molar-refractivity contribution in [1.82, 2.24) is 15.5 Å². The fourth-order valence-electron chi connectivity index (χ4n) is 3.03. The molecule has 0 aliphatic carbocycles. The number of carbonyl (C=O) groups excluding carboxylic acids is 1. The molecule has 1 fully saturated rings. The van der Waals surface area contributed by atoms with Gasteiger partial charge in [-0.05, 0) is 43.4 Å². The first-order valence-corrected chi connectivity index (χ1v) is 9.28. The Hall–Kier alpha value is -1.07. The summed E-state index contributed by atoms with van der Waals surface area (Å²) in [5.41, 5.74) is 1.11. The van der Waals surface area contributed by atoms with Gasteiger partial charge in [0.15, 0.2) is 0 Å². The summed E-state index contributed by atoms with van der Waals surface area (Å²) in [6.45, 7) is 9.81. The first-order valence-electron chi connectivity index (χ1n) is 8.49. The number of urea groups is 1. The molecule has 1 aromatic carbocycles. The van der Waals surface area contributed by atoms with Gasteiger partial charge in [-0.25, -0.2) is 4.79 Å². The average molecular weight is 382 g/mol. The van der Waals surface area contributed by atoms with Crippen LogP contribution in [0.4, 0.5) is 4.79 Å². The van der Waals surface area contributed by atoms with E-state index < -0.39 is 0 Å². The van der Waals surface area contributed by atoms with E-state index in [9.17, 15) is 4.79 Å². The SMILES string of the molecule is CC(C)CN1CCC(NC(=O)N[C@@H](C)c2ccc(Br)cc2)CC1. The number of carbonyl (C=O) groups is 1. The third-order valence-corrected chi connectivity index (χ3v) is 4.79. The molecule has 1 aliphatic heterocycles. The number of piperidine rings is 1. The van der Waals surface area contributed by atoms with Crippen LogP contribution < -0.4 is 10.6 Å². The molecular weight excluding hydrogens is 354 g/mol. The first-order chi connectivity index (χ1) is 10.9. The zero-order valence-electron chi connectivity index (χ0n) is 14.3. The van der Waals surface area contributed by atoms with Crippen LogP contribution in [-0.4, -0.2) is 36.6 Å². The second-order valence-electron chi connectivity index (χ2n) is 6.86. The summed E-state index contributed by atoms with van der Waals surface area (Å²) in [5.74, 6) is 0.703. The number of benzene rings is 1. The Labute approximate surface area is 148 Å². The minimum absolute atomic E-state index is 0.00382. The number of hydrogen-bond donors (Lipinski definition) is 2. The van der Waals surface area contributed by atoms with Crippen LogP contribution in [0.25, 0.3) is 0 Å². The Morgan fingerprint density at radius 1 is 1.22 bits per heavy atom. The largest absolute Gasteiger partial charge is 0.335 e. The Morgan fingerprint density at radius 3 is 2.39 bits per heavy atom. The number of hydrogen-bond acceptors (Lipinski definition) is 2. The maximum atomic E-state index is 12.2. The smallest absolute Gasteiger partial charge is 0.315 e. The molecule has 1 aromatic rings. The third-order valence-electron chi connectivity index (χ3n) is 4.26. The second-order valence-corrected chi connectivity index (χ2v) is 7.78. The predicted octanol–water partition coefficient (Wildman–Crippen LogP) is 3.93. The Morgan fingerprint density at radius 2 is 1.83 bits per heavy atom. The molecular formula is C18H28BrN3O. The Kier molecular flexibility index (Phi) is 6.90. The highest BCUT2D eigenvalue weighted by Crippen LogP contribution is 2.17. The topological polar surface area (TPSA) is 44.4 Å². The molecule has 0 unspecified atom stereocenters. The van der Waals surface area contributed by atoms with Gasteiger partial charge in [0, 0.05) is 30.1 Å². The summed E-state index contributed by atoms with van der Waals surface area (Å²) in [5, 5.41) is 6.15. The summed E-state index contributed by atoms with van der Waals surface area (Å²) < 4.78 is 1.05. The van der Waals surface area contributed by atoms with Crippen LogP contribution in [0.2, 0.25) is 0 Å². The number of halogens is 1. The lowest BCUT2D eigenvalue weighted by Crippen LogP contribution is -2.48. The standard InChI is InChI=1S/C18H28BrN3O/c1-13(2)12-22-10-8-17(9-11-22)21-18(23)20-14(3)15-4-6-16(19)7-5-15/h4-7,13-14,17H,8-12H2,1-3H3,(H2,20,21,23)/t14-/m0/s1. The van der Waals surface area contributed by atoms with Gasteiger partial charge >= 0.3 is 6.03 Å². The molecule has 1 saturated heterocycles. The van der Waals surface area contributed by atoms with Gasteiger partial charge in [0.2, 0.25) is 0 Å². The van der Waals surface area contributed by atoms with Crippen molar-refractivity contribution in [2.45, 2.75) is 45.7 Å². The summed E-state index contributed by atoms with van der Waals surface area (Å²) in [4.78, 5) is 14.7. The molecule has 2 N–H and O–H groups in total. The lowest BCUT2D eigenvalue weighted by Gasteiger charge is -2.33. The molecule has 23 heavy (non-hydrogen) atoms. The van der Waals surface area contributed by atoms with Gasteiger partial charge in [-0.3, -0.25) is 0 Å². The molecule has 5 heteroatoms. The highest BCUT2D eigenvalue weighted by Gasteiger charge is 2.21. The second kappa shape index (κ2) is 8.69. The van der Waals surface area contributed by atoms with Crippen molar-refractivity contribution in [2.75, 3.05) is 19.6 Å². The van der Waals surface area contributed by atoms with Gasteiger partial charge < -0.3 is 15.5 Å². The molecule has 0 spiro atoms. The van der Waals surface area contributed by atoms with Crippen LogP contribution in [0.5, 0.6) is 0 Å².